The summed E-state index contributed by atoms with van der Waals surface area (Å²) in [5.74, 6) is 0.817. The second kappa shape index (κ2) is 20.3. The van der Waals surface area contributed by atoms with Crippen LogP contribution in [0, 0.1) is 0 Å². The van der Waals surface area contributed by atoms with Gasteiger partial charge in [-0.15, -0.1) is 24.0 Å². The minimum Gasteiger partial charge on any atom is -0.382 e. The summed E-state index contributed by atoms with van der Waals surface area (Å²) < 4.78 is 21.3. The maximum absolute atomic E-state index is 5.64. The van der Waals surface area contributed by atoms with Crippen LogP contribution in [0.1, 0.15) is 31.4 Å². The lowest BCUT2D eigenvalue weighted by molar-refractivity contribution is 0.0453. The van der Waals surface area contributed by atoms with Gasteiger partial charge in [0.1, 0.15) is 0 Å². The second-order valence-electron chi connectivity index (χ2n) is 6.15. The Labute approximate surface area is 192 Å². The summed E-state index contributed by atoms with van der Waals surface area (Å²) in [4.78, 5) is 4.67. The molecule has 29 heavy (non-hydrogen) atoms. The van der Waals surface area contributed by atoms with Crippen molar-refractivity contribution in [3.05, 3.63) is 35.4 Å². The number of nitrogens with zero attached hydrogens (tertiary/aromatic N) is 1. The van der Waals surface area contributed by atoms with Gasteiger partial charge in [0.15, 0.2) is 5.96 Å². The zero-order chi connectivity index (χ0) is 20.3. The lowest BCUT2D eigenvalue weighted by atomic mass is 10.1. The van der Waals surface area contributed by atoms with Crippen molar-refractivity contribution in [1.29, 1.82) is 0 Å². The molecular weight excluding hydrogens is 485 g/mol. The summed E-state index contributed by atoms with van der Waals surface area (Å²) in [6, 6.07) is 8.34. The van der Waals surface area contributed by atoms with E-state index in [0.717, 1.165) is 43.2 Å². The highest BCUT2D eigenvalue weighted by Crippen LogP contribution is 2.08. The molecule has 1 aromatic carbocycles. The smallest absolute Gasteiger partial charge is 0.191 e. The molecule has 0 atom stereocenters. The first-order chi connectivity index (χ1) is 13.8. The van der Waals surface area contributed by atoms with Gasteiger partial charge in [-0.2, -0.15) is 0 Å². The molecule has 0 radical (unpaired) electrons. The second-order valence-corrected chi connectivity index (χ2v) is 6.15. The summed E-state index contributed by atoms with van der Waals surface area (Å²) in [5, 5.41) is 6.61. The molecular formula is C21H38IN3O4. The number of benzene rings is 1. The molecule has 0 saturated carbocycles. The standard InChI is InChI=1S/C21H37N3O4.HI/c1-4-22-21(23-10-7-11-27-13-12-25-3)24-17-19-8-6-9-20(16-19)18-28-15-14-26-5-2;/h6,8-9,16H,4-5,7,10-15,17-18H2,1-3H3,(H2,22,23,24);1H. The number of rotatable bonds is 16. The van der Waals surface area contributed by atoms with E-state index in [0.29, 0.717) is 46.2 Å². The normalized spacial score (nSPS) is 11.2. The Balaban J connectivity index is 0.00000784. The Kier molecular flexibility index (Phi) is 19.7. The van der Waals surface area contributed by atoms with E-state index < -0.39 is 0 Å². The van der Waals surface area contributed by atoms with Crippen molar-refractivity contribution in [1.82, 2.24) is 10.6 Å². The van der Waals surface area contributed by atoms with Gasteiger partial charge in [-0.3, -0.25) is 0 Å². The fraction of sp³-hybridized carbons (Fsp3) is 0.667. The van der Waals surface area contributed by atoms with Gasteiger partial charge in [0.2, 0.25) is 0 Å². The number of hydrogen-bond donors (Lipinski definition) is 2. The van der Waals surface area contributed by atoms with Gasteiger partial charge < -0.3 is 29.6 Å². The first-order valence-electron chi connectivity index (χ1n) is 10.1. The van der Waals surface area contributed by atoms with Crippen molar-refractivity contribution < 1.29 is 18.9 Å². The lowest BCUT2D eigenvalue weighted by Crippen LogP contribution is -2.38. The fourth-order valence-electron chi connectivity index (χ4n) is 2.41. The largest absolute Gasteiger partial charge is 0.382 e. The summed E-state index contributed by atoms with van der Waals surface area (Å²) in [6.45, 7) is 10.8. The molecule has 1 rings (SSSR count). The third-order valence-electron chi connectivity index (χ3n) is 3.79. The summed E-state index contributed by atoms with van der Waals surface area (Å²) in [7, 11) is 1.68. The Hall–Kier alpha value is -0.940. The van der Waals surface area contributed by atoms with Crippen molar-refractivity contribution in [3.8, 4) is 0 Å². The zero-order valence-corrected chi connectivity index (χ0v) is 20.4. The summed E-state index contributed by atoms with van der Waals surface area (Å²) in [5.41, 5.74) is 2.31. The Bertz CT molecular complexity index is 532. The van der Waals surface area contributed by atoms with E-state index in [-0.39, 0.29) is 24.0 Å². The molecule has 168 valence electrons. The highest BCUT2D eigenvalue weighted by atomic mass is 127. The van der Waals surface area contributed by atoms with Crippen LogP contribution in [0.25, 0.3) is 0 Å². The van der Waals surface area contributed by atoms with Crippen molar-refractivity contribution in [3.63, 3.8) is 0 Å². The summed E-state index contributed by atoms with van der Waals surface area (Å²) >= 11 is 0. The SMILES string of the molecule is CCNC(=NCc1cccc(COCCOCC)c1)NCCCOCCOC.I. The average molecular weight is 523 g/mol. The molecule has 7 nitrogen and oxygen atoms in total. The first-order valence-corrected chi connectivity index (χ1v) is 10.1. The topological polar surface area (TPSA) is 73.3 Å². The number of ether oxygens (including phenoxy) is 4. The molecule has 1 aromatic rings. The quantitative estimate of drug-likeness (QED) is 0.150. The third kappa shape index (κ3) is 15.5. The number of methoxy groups -OCH3 is 1. The van der Waals surface area contributed by atoms with E-state index in [1.807, 2.05) is 13.0 Å². The van der Waals surface area contributed by atoms with E-state index in [9.17, 15) is 0 Å². The highest BCUT2D eigenvalue weighted by Gasteiger charge is 2.00. The Morgan fingerprint density at radius 2 is 1.69 bits per heavy atom. The predicted molar refractivity (Wildman–Crippen MR) is 128 cm³/mol. The number of halogens is 1. The Morgan fingerprint density at radius 1 is 0.931 bits per heavy atom. The van der Waals surface area contributed by atoms with Crippen LogP contribution >= 0.6 is 24.0 Å². The maximum Gasteiger partial charge on any atom is 0.191 e. The molecule has 8 heteroatoms. The van der Waals surface area contributed by atoms with Gasteiger partial charge in [-0.05, 0) is 31.4 Å². The summed E-state index contributed by atoms with van der Waals surface area (Å²) in [6.07, 6.45) is 0.919. The van der Waals surface area contributed by atoms with Crippen LogP contribution in [-0.2, 0) is 32.1 Å². The minimum atomic E-state index is 0. The number of aliphatic imine (C=N–C) groups is 1. The molecule has 0 amide bonds. The molecule has 0 aliphatic rings. The fourth-order valence-corrected chi connectivity index (χ4v) is 2.41. The van der Waals surface area contributed by atoms with Crippen molar-refractivity contribution in [2.45, 2.75) is 33.4 Å². The number of guanidine groups is 1. The third-order valence-corrected chi connectivity index (χ3v) is 3.79. The van der Waals surface area contributed by atoms with E-state index >= 15 is 0 Å². The molecule has 0 aliphatic heterocycles. The zero-order valence-electron chi connectivity index (χ0n) is 18.1. The van der Waals surface area contributed by atoms with Gasteiger partial charge in [0.05, 0.1) is 39.6 Å². The van der Waals surface area contributed by atoms with Crippen molar-refractivity contribution >= 4 is 29.9 Å². The van der Waals surface area contributed by atoms with Crippen LogP contribution in [0.5, 0.6) is 0 Å². The average Bonchev–Trinajstić information content (AvgIpc) is 2.71. The van der Waals surface area contributed by atoms with Gasteiger partial charge in [0.25, 0.3) is 0 Å². The Morgan fingerprint density at radius 3 is 2.45 bits per heavy atom. The van der Waals surface area contributed by atoms with E-state index in [1.54, 1.807) is 7.11 Å². The van der Waals surface area contributed by atoms with E-state index in [1.165, 1.54) is 0 Å². The molecule has 0 spiro atoms. The molecule has 0 fully saturated rings. The van der Waals surface area contributed by atoms with Gasteiger partial charge >= 0.3 is 0 Å². The number of nitrogens with one attached hydrogen (secondary N) is 2. The van der Waals surface area contributed by atoms with Crippen LogP contribution in [0.3, 0.4) is 0 Å². The monoisotopic (exact) mass is 523 g/mol. The molecule has 2 N–H and O–H groups in total. The number of hydrogen-bond acceptors (Lipinski definition) is 5. The lowest BCUT2D eigenvalue weighted by Gasteiger charge is -2.12. The molecule has 0 bridgehead atoms. The van der Waals surface area contributed by atoms with Gasteiger partial charge in [-0.25, -0.2) is 4.99 Å². The van der Waals surface area contributed by atoms with E-state index in [4.69, 9.17) is 18.9 Å². The van der Waals surface area contributed by atoms with Crippen LogP contribution in [0.15, 0.2) is 29.3 Å². The van der Waals surface area contributed by atoms with Gasteiger partial charge in [-0.1, -0.05) is 24.3 Å². The minimum absolute atomic E-state index is 0. The maximum atomic E-state index is 5.64. The molecule has 0 aromatic heterocycles. The van der Waals surface area contributed by atoms with Crippen LogP contribution in [0.4, 0.5) is 0 Å². The van der Waals surface area contributed by atoms with Crippen molar-refractivity contribution in [2.24, 2.45) is 4.99 Å². The highest BCUT2D eigenvalue weighted by molar-refractivity contribution is 14.0. The predicted octanol–water partition coefficient (Wildman–Crippen LogP) is 2.97. The van der Waals surface area contributed by atoms with Gasteiger partial charge in [0, 0.05) is 33.4 Å². The van der Waals surface area contributed by atoms with Crippen LogP contribution in [0.2, 0.25) is 0 Å². The van der Waals surface area contributed by atoms with Crippen LogP contribution < -0.4 is 10.6 Å². The molecule has 0 heterocycles. The molecule has 0 saturated heterocycles. The molecule has 0 aliphatic carbocycles. The molecule has 0 unspecified atom stereocenters. The van der Waals surface area contributed by atoms with Crippen molar-refractivity contribution in [2.75, 3.05) is 59.8 Å². The van der Waals surface area contributed by atoms with E-state index in [2.05, 4.69) is 40.7 Å². The first kappa shape index (κ1) is 28.1. The van der Waals surface area contributed by atoms with Crippen LogP contribution in [-0.4, -0.2) is 65.8 Å².